The van der Waals surface area contributed by atoms with Crippen molar-refractivity contribution in [3.8, 4) is 0 Å². The molecule has 2 rings (SSSR count). The summed E-state index contributed by atoms with van der Waals surface area (Å²) < 4.78 is 24.8. The van der Waals surface area contributed by atoms with Gasteiger partial charge in [0.05, 0.1) is 6.20 Å². The molecule has 0 aliphatic carbocycles. The molecule has 9 heteroatoms. The molecule has 0 saturated heterocycles. The minimum Gasteiger partial charge on any atom is -0.478 e. The Hall–Kier alpha value is -2.29. The summed E-state index contributed by atoms with van der Waals surface area (Å²) in [7, 11) is -4.00. The Morgan fingerprint density at radius 1 is 1.41 bits per heavy atom. The maximum absolute atomic E-state index is 11.8. The van der Waals surface area contributed by atoms with Crippen LogP contribution in [-0.4, -0.2) is 34.4 Å². The van der Waals surface area contributed by atoms with Gasteiger partial charge in [0.2, 0.25) is 0 Å². The topological polar surface area (TPSA) is 117 Å². The Labute approximate surface area is 95.9 Å². The molecular formula is C8H8N4O4S. The molecule has 3 N–H and O–H groups in total. The van der Waals surface area contributed by atoms with Gasteiger partial charge in [0.1, 0.15) is 5.56 Å². The standard InChI is InChI=1S/C8H8N4O4S/c13-8(14)6-5-9-10-7(6)17(15,16)11-12-3-1-2-4-12/h1-5,11H,(H,9,10)(H,13,14). The van der Waals surface area contributed by atoms with E-state index in [-0.39, 0.29) is 0 Å². The molecular weight excluding hydrogens is 248 g/mol. The van der Waals surface area contributed by atoms with Crippen LogP contribution in [0.1, 0.15) is 10.4 Å². The predicted molar refractivity (Wildman–Crippen MR) is 56.5 cm³/mol. The smallest absolute Gasteiger partial charge is 0.340 e. The first-order valence-corrected chi connectivity index (χ1v) is 5.91. The zero-order valence-electron chi connectivity index (χ0n) is 8.36. The van der Waals surface area contributed by atoms with Crippen molar-refractivity contribution in [2.75, 3.05) is 4.83 Å². The first-order chi connectivity index (χ1) is 8.00. The molecule has 2 heterocycles. The number of aromatic carboxylic acids is 1. The lowest BCUT2D eigenvalue weighted by atomic mass is 10.4. The van der Waals surface area contributed by atoms with E-state index >= 15 is 0 Å². The Morgan fingerprint density at radius 2 is 2.06 bits per heavy atom. The van der Waals surface area contributed by atoms with Gasteiger partial charge in [-0.05, 0) is 12.1 Å². The van der Waals surface area contributed by atoms with Gasteiger partial charge in [0, 0.05) is 12.4 Å². The molecule has 17 heavy (non-hydrogen) atoms. The molecule has 0 fully saturated rings. The van der Waals surface area contributed by atoms with Crippen LogP contribution in [0, 0.1) is 0 Å². The van der Waals surface area contributed by atoms with Crippen LogP contribution >= 0.6 is 0 Å². The number of aromatic amines is 1. The lowest BCUT2D eigenvalue weighted by Crippen LogP contribution is -2.23. The number of sulfonamides is 1. The highest BCUT2D eigenvalue weighted by Crippen LogP contribution is 2.12. The Morgan fingerprint density at radius 3 is 2.65 bits per heavy atom. The van der Waals surface area contributed by atoms with Gasteiger partial charge in [-0.1, -0.05) is 0 Å². The number of nitrogens with zero attached hydrogens (tertiary/aromatic N) is 2. The monoisotopic (exact) mass is 256 g/mol. The largest absolute Gasteiger partial charge is 0.478 e. The lowest BCUT2D eigenvalue weighted by molar-refractivity contribution is 0.0692. The maximum Gasteiger partial charge on any atom is 0.340 e. The fourth-order valence-electron chi connectivity index (χ4n) is 1.21. The SMILES string of the molecule is O=C(O)c1cn[nH]c1S(=O)(=O)Nn1cccc1. The van der Waals surface area contributed by atoms with Gasteiger partial charge >= 0.3 is 5.97 Å². The van der Waals surface area contributed by atoms with Crippen LogP contribution in [0.3, 0.4) is 0 Å². The van der Waals surface area contributed by atoms with Gasteiger partial charge in [-0.3, -0.25) is 9.77 Å². The quantitative estimate of drug-likeness (QED) is 0.702. The van der Waals surface area contributed by atoms with Crippen molar-refractivity contribution in [2.24, 2.45) is 0 Å². The molecule has 0 radical (unpaired) electrons. The second kappa shape index (κ2) is 3.94. The van der Waals surface area contributed by atoms with Crippen molar-refractivity contribution < 1.29 is 18.3 Å². The van der Waals surface area contributed by atoms with Crippen LogP contribution in [0.5, 0.6) is 0 Å². The molecule has 0 aliphatic rings. The van der Waals surface area contributed by atoms with Gasteiger partial charge in [0.15, 0.2) is 5.03 Å². The van der Waals surface area contributed by atoms with Crippen LogP contribution < -0.4 is 4.83 Å². The molecule has 8 nitrogen and oxygen atoms in total. The Bertz CT molecular complexity index is 628. The van der Waals surface area contributed by atoms with Crippen molar-refractivity contribution >= 4 is 16.0 Å². The van der Waals surface area contributed by atoms with Gasteiger partial charge in [0.25, 0.3) is 10.0 Å². The van der Waals surface area contributed by atoms with Gasteiger partial charge < -0.3 is 5.11 Å². The van der Waals surface area contributed by atoms with Crippen molar-refractivity contribution in [1.82, 2.24) is 14.9 Å². The van der Waals surface area contributed by atoms with E-state index in [1.807, 2.05) is 0 Å². The normalized spacial score (nSPS) is 11.3. The van der Waals surface area contributed by atoms with E-state index in [0.717, 1.165) is 6.20 Å². The van der Waals surface area contributed by atoms with Crippen LogP contribution in [-0.2, 0) is 10.0 Å². The second-order valence-electron chi connectivity index (χ2n) is 3.10. The summed E-state index contributed by atoms with van der Waals surface area (Å²) in [6.07, 6.45) is 3.87. The summed E-state index contributed by atoms with van der Waals surface area (Å²) in [6.45, 7) is 0. The van der Waals surface area contributed by atoms with Crippen molar-refractivity contribution in [2.45, 2.75) is 5.03 Å². The highest BCUT2D eigenvalue weighted by molar-refractivity contribution is 7.92. The van der Waals surface area contributed by atoms with Crippen LogP contribution in [0.25, 0.3) is 0 Å². The number of rotatable bonds is 4. The van der Waals surface area contributed by atoms with E-state index in [1.54, 1.807) is 12.1 Å². The fourth-order valence-corrected chi connectivity index (χ4v) is 2.30. The van der Waals surface area contributed by atoms with Crippen molar-refractivity contribution in [3.05, 3.63) is 36.3 Å². The van der Waals surface area contributed by atoms with E-state index in [9.17, 15) is 13.2 Å². The molecule has 0 saturated carbocycles. The van der Waals surface area contributed by atoms with E-state index in [1.165, 1.54) is 17.1 Å². The number of carbonyl (C=O) groups is 1. The van der Waals surface area contributed by atoms with E-state index in [0.29, 0.717) is 0 Å². The Balaban J connectivity index is 2.38. The molecule has 2 aromatic heterocycles. The predicted octanol–water partition coefficient (Wildman–Crippen LogP) is -0.158. The third-order valence-corrected chi connectivity index (χ3v) is 3.23. The molecule has 0 bridgehead atoms. The highest BCUT2D eigenvalue weighted by atomic mass is 32.2. The molecule has 0 aromatic carbocycles. The molecule has 0 spiro atoms. The molecule has 90 valence electrons. The van der Waals surface area contributed by atoms with Crippen LogP contribution in [0.15, 0.2) is 35.7 Å². The minimum absolute atomic E-state index is 0.412. The summed E-state index contributed by atoms with van der Waals surface area (Å²) in [6, 6.07) is 3.24. The van der Waals surface area contributed by atoms with Crippen molar-refractivity contribution in [1.29, 1.82) is 0 Å². The molecule has 0 atom stereocenters. The van der Waals surface area contributed by atoms with E-state index < -0.39 is 26.6 Å². The third-order valence-electron chi connectivity index (χ3n) is 1.93. The van der Waals surface area contributed by atoms with Crippen molar-refractivity contribution in [3.63, 3.8) is 0 Å². The number of nitrogens with one attached hydrogen (secondary N) is 2. The number of hydrogen-bond acceptors (Lipinski definition) is 4. The van der Waals surface area contributed by atoms with E-state index in [4.69, 9.17) is 5.11 Å². The molecule has 2 aromatic rings. The van der Waals surface area contributed by atoms with Crippen LogP contribution in [0.2, 0.25) is 0 Å². The summed E-state index contributed by atoms with van der Waals surface area (Å²) in [4.78, 5) is 12.9. The Kier molecular flexibility index (Phi) is 2.60. The maximum atomic E-state index is 11.8. The second-order valence-corrected chi connectivity index (χ2v) is 4.70. The summed E-state index contributed by atoms with van der Waals surface area (Å²) >= 11 is 0. The number of aromatic nitrogens is 3. The molecule has 0 amide bonds. The minimum atomic E-state index is -4.00. The number of carboxylic acid groups (broad SMARTS) is 1. The zero-order chi connectivity index (χ0) is 12.5. The average molecular weight is 256 g/mol. The first-order valence-electron chi connectivity index (χ1n) is 4.43. The zero-order valence-corrected chi connectivity index (χ0v) is 9.18. The third kappa shape index (κ3) is 2.13. The van der Waals surface area contributed by atoms with Gasteiger partial charge in [-0.25, -0.2) is 9.63 Å². The van der Waals surface area contributed by atoms with E-state index in [2.05, 4.69) is 15.0 Å². The summed E-state index contributed by atoms with van der Waals surface area (Å²) in [5.74, 6) is -1.37. The number of hydrogen-bond donors (Lipinski definition) is 3. The van der Waals surface area contributed by atoms with Crippen LogP contribution in [0.4, 0.5) is 0 Å². The molecule has 0 aliphatic heterocycles. The number of H-pyrrole nitrogens is 1. The number of carboxylic acids is 1. The summed E-state index contributed by atoms with van der Waals surface area (Å²) in [5.41, 5.74) is -0.412. The average Bonchev–Trinajstić information content (AvgIpc) is 2.84. The fraction of sp³-hybridized carbons (Fsp3) is 0. The lowest BCUT2D eigenvalue weighted by Gasteiger charge is -2.07. The first kappa shape index (κ1) is 11.2. The van der Waals surface area contributed by atoms with Gasteiger partial charge in [-0.15, -0.1) is 0 Å². The van der Waals surface area contributed by atoms with Gasteiger partial charge in [-0.2, -0.15) is 13.5 Å². The summed E-state index contributed by atoms with van der Waals surface area (Å²) in [5, 5.41) is 13.8. The molecule has 0 unspecified atom stereocenters. The highest BCUT2D eigenvalue weighted by Gasteiger charge is 2.24.